The van der Waals surface area contributed by atoms with Gasteiger partial charge in [-0.1, -0.05) is 6.07 Å². The number of carbonyl (C=O) groups is 1. The van der Waals surface area contributed by atoms with Gasteiger partial charge in [-0.05, 0) is 30.7 Å². The number of fused-ring (bicyclic) bond motifs is 1. The number of hydrogen-bond acceptors (Lipinski definition) is 4. The van der Waals surface area contributed by atoms with E-state index in [1.807, 2.05) is 18.2 Å². The number of carbonyl (C=O) groups excluding carboxylic acids is 1. The minimum absolute atomic E-state index is 0.0307. The molecular weight excluding hydrogens is 242 g/mol. The first kappa shape index (κ1) is 13.4. The van der Waals surface area contributed by atoms with E-state index in [4.69, 9.17) is 10.00 Å². The molecule has 0 aliphatic carbocycles. The van der Waals surface area contributed by atoms with Crippen LogP contribution in [0, 0.1) is 11.3 Å². The Kier molecular flexibility index (Phi) is 4.37. The molecule has 1 N–H and O–H groups in total. The molecule has 1 aromatic rings. The maximum atomic E-state index is 11.6. The van der Waals surface area contributed by atoms with Crippen LogP contribution in [0.1, 0.15) is 12.0 Å². The summed E-state index contributed by atoms with van der Waals surface area (Å²) in [6.07, 6.45) is 1.38. The number of likely N-dealkylation sites (N-methyl/N-ethyl adjacent to an activating group) is 1. The van der Waals surface area contributed by atoms with Crippen molar-refractivity contribution in [1.29, 1.82) is 5.26 Å². The van der Waals surface area contributed by atoms with E-state index in [1.54, 1.807) is 11.9 Å². The second kappa shape index (κ2) is 6.21. The third-order valence-corrected chi connectivity index (χ3v) is 3.11. The van der Waals surface area contributed by atoms with Crippen molar-refractivity contribution >= 4 is 11.6 Å². The molecule has 0 fully saturated rings. The van der Waals surface area contributed by atoms with Crippen LogP contribution in [-0.4, -0.2) is 32.7 Å². The van der Waals surface area contributed by atoms with Crippen LogP contribution in [0.25, 0.3) is 0 Å². The van der Waals surface area contributed by atoms with Crippen LogP contribution in [0.5, 0.6) is 5.75 Å². The Bertz CT molecular complexity index is 508. The summed E-state index contributed by atoms with van der Waals surface area (Å²) in [5, 5.41) is 11.6. The topological polar surface area (TPSA) is 65.4 Å². The Balaban J connectivity index is 1.97. The minimum Gasteiger partial charge on any atom is -0.482 e. The summed E-state index contributed by atoms with van der Waals surface area (Å²) in [6.45, 7) is 1.64. The Hall–Kier alpha value is -2.06. The molecule has 0 saturated carbocycles. The van der Waals surface area contributed by atoms with Crippen LogP contribution in [-0.2, 0) is 11.2 Å². The van der Waals surface area contributed by atoms with E-state index in [0.29, 0.717) is 13.0 Å². The van der Waals surface area contributed by atoms with Crippen molar-refractivity contribution in [2.45, 2.75) is 12.8 Å². The highest BCUT2D eigenvalue weighted by Crippen LogP contribution is 2.31. The van der Waals surface area contributed by atoms with Gasteiger partial charge in [0.25, 0.3) is 5.91 Å². The number of hydrogen-bond donors (Lipinski definition) is 1. The molecule has 1 aliphatic heterocycles. The lowest BCUT2D eigenvalue weighted by atomic mass is 10.1. The van der Waals surface area contributed by atoms with Crippen molar-refractivity contribution in [1.82, 2.24) is 5.32 Å². The van der Waals surface area contributed by atoms with Gasteiger partial charge in [0, 0.05) is 20.0 Å². The van der Waals surface area contributed by atoms with Crippen molar-refractivity contribution in [2.24, 2.45) is 0 Å². The lowest BCUT2D eigenvalue weighted by Crippen LogP contribution is -2.35. The van der Waals surface area contributed by atoms with Crippen molar-refractivity contribution in [2.75, 3.05) is 31.6 Å². The van der Waals surface area contributed by atoms with Gasteiger partial charge >= 0.3 is 0 Å². The fourth-order valence-corrected chi connectivity index (χ4v) is 1.98. The van der Waals surface area contributed by atoms with Crippen LogP contribution in [0.2, 0.25) is 0 Å². The lowest BCUT2D eigenvalue weighted by molar-refractivity contribution is -0.120. The molecule has 5 heteroatoms. The van der Waals surface area contributed by atoms with Gasteiger partial charge in [0.15, 0.2) is 6.61 Å². The average Bonchev–Trinajstić information content (AvgIpc) is 2.43. The zero-order valence-electron chi connectivity index (χ0n) is 11.0. The molecule has 0 spiro atoms. The third kappa shape index (κ3) is 3.24. The maximum absolute atomic E-state index is 11.6. The molecule has 0 atom stereocenters. The van der Waals surface area contributed by atoms with Crippen LogP contribution >= 0.6 is 0 Å². The molecule has 1 aromatic carbocycles. The van der Waals surface area contributed by atoms with Gasteiger partial charge in [-0.2, -0.15) is 5.26 Å². The smallest absolute Gasteiger partial charge is 0.264 e. The van der Waals surface area contributed by atoms with E-state index in [0.717, 1.165) is 30.0 Å². The molecule has 0 bridgehead atoms. The molecule has 0 unspecified atom stereocenters. The Labute approximate surface area is 112 Å². The second-order valence-corrected chi connectivity index (χ2v) is 4.45. The van der Waals surface area contributed by atoms with E-state index < -0.39 is 0 Å². The third-order valence-electron chi connectivity index (χ3n) is 3.11. The number of nitrogens with zero attached hydrogens (tertiary/aromatic N) is 2. The highest BCUT2D eigenvalue weighted by molar-refractivity contribution is 5.97. The van der Waals surface area contributed by atoms with Crippen molar-refractivity contribution < 1.29 is 9.53 Å². The van der Waals surface area contributed by atoms with E-state index in [-0.39, 0.29) is 12.5 Å². The van der Waals surface area contributed by atoms with Gasteiger partial charge in [-0.3, -0.25) is 4.79 Å². The van der Waals surface area contributed by atoms with Gasteiger partial charge in [0.05, 0.1) is 11.8 Å². The van der Waals surface area contributed by atoms with Gasteiger partial charge in [0.1, 0.15) is 5.75 Å². The van der Waals surface area contributed by atoms with Crippen molar-refractivity contribution in [3.05, 3.63) is 23.8 Å². The number of benzene rings is 1. The standard InChI is InChI=1S/C14H17N3O2/c1-17-12-9-11(5-8-16-7-2-6-15)3-4-13(12)19-10-14(17)18/h3-4,9,16H,2,5,7-8,10H2,1H3. The summed E-state index contributed by atoms with van der Waals surface area (Å²) >= 11 is 0. The second-order valence-electron chi connectivity index (χ2n) is 4.45. The molecule has 0 aromatic heterocycles. The van der Waals surface area contributed by atoms with E-state index in [9.17, 15) is 4.79 Å². The lowest BCUT2D eigenvalue weighted by Gasteiger charge is -2.26. The van der Waals surface area contributed by atoms with Gasteiger partial charge in [-0.15, -0.1) is 0 Å². The fourth-order valence-electron chi connectivity index (χ4n) is 1.98. The summed E-state index contributed by atoms with van der Waals surface area (Å²) in [5.41, 5.74) is 1.97. The number of ether oxygens (including phenoxy) is 1. The molecule has 5 nitrogen and oxygen atoms in total. The first-order valence-electron chi connectivity index (χ1n) is 6.32. The monoisotopic (exact) mass is 259 g/mol. The molecule has 1 heterocycles. The number of anilines is 1. The Morgan fingerprint density at radius 1 is 1.47 bits per heavy atom. The summed E-state index contributed by atoms with van der Waals surface area (Å²) < 4.78 is 5.38. The first-order valence-corrected chi connectivity index (χ1v) is 6.32. The molecule has 0 radical (unpaired) electrons. The number of nitriles is 1. The van der Waals surface area contributed by atoms with Crippen molar-refractivity contribution in [3.63, 3.8) is 0 Å². The predicted octanol–water partition coefficient (Wildman–Crippen LogP) is 1.09. The summed E-state index contributed by atoms with van der Waals surface area (Å²) in [4.78, 5) is 13.2. The minimum atomic E-state index is -0.0307. The molecule has 0 saturated heterocycles. The number of rotatable bonds is 5. The Morgan fingerprint density at radius 3 is 3.11 bits per heavy atom. The van der Waals surface area contributed by atoms with Gasteiger partial charge < -0.3 is 15.0 Å². The quantitative estimate of drug-likeness (QED) is 0.804. The molecule has 1 aliphatic rings. The van der Waals surface area contributed by atoms with Crippen LogP contribution in [0.15, 0.2) is 18.2 Å². The first-order chi connectivity index (χ1) is 9.22. The molecule has 2 rings (SSSR count). The average molecular weight is 259 g/mol. The summed E-state index contributed by atoms with van der Waals surface area (Å²) in [7, 11) is 1.76. The maximum Gasteiger partial charge on any atom is 0.264 e. The molecule has 100 valence electrons. The number of amides is 1. The predicted molar refractivity (Wildman–Crippen MR) is 72.2 cm³/mol. The molecule has 19 heavy (non-hydrogen) atoms. The fraction of sp³-hybridized carbons (Fsp3) is 0.429. The number of nitrogens with one attached hydrogen (secondary N) is 1. The largest absolute Gasteiger partial charge is 0.482 e. The van der Waals surface area contributed by atoms with Crippen LogP contribution in [0.4, 0.5) is 5.69 Å². The van der Waals surface area contributed by atoms with Crippen LogP contribution < -0.4 is 15.0 Å². The molecule has 1 amide bonds. The van der Waals surface area contributed by atoms with Gasteiger partial charge in [0.2, 0.25) is 0 Å². The SMILES string of the molecule is CN1C(=O)COc2ccc(CCNCCC#N)cc21. The zero-order chi connectivity index (χ0) is 13.7. The van der Waals surface area contributed by atoms with E-state index in [2.05, 4.69) is 11.4 Å². The summed E-state index contributed by atoms with van der Waals surface area (Å²) in [6, 6.07) is 7.99. The highest BCUT2D eigenvalue weighted by Gasteiger charge is 2.21. The summed E-state index contributed by atoms with van der Waals surface area (Å²) in [5.74, 6) is 0.722. The van der Waals surface area contributed by atoms with Gasteiger partial charge in [-0.25, -0.2) is 0 Å². The highest BCUT2D eigenvalue weighted by atomic mass is 16.5. The van der Waals surface area contributed by atoms with E-state index in [1.165, 1.54) is 0 Å². The van der Waals surface area contributed by atoms with Crippen molar-refractivity contribution in [3.8, 4) is 11.8 Å². The normalized spacial score (nSPS) is 13.7. The zero-order valence-corrected chi connectivity index (χ0v) is 11.0. The van der Waals surface area contributed by atoms with Crippen LogP contribution in [0.3, 0.4) is 0 Å². The molecular formula is C14H17N3O2. The van der Waals surface area contributed by atoms with E-state index >= 15 is 0 Å². The Morgan fingerprint density at radius 2 is 2.32 bits per heavy atom.